The predicted octanol–water partition coefficient (Wildman–Crippen LogP) is 3.45. The second-order valence-electron chi connectivity index (χ2n) is 5.66. The van der Waals surface area contributed by atoms with E-state index < -0.39 is 5.76 Å². The molecule has 2 aliphatic carbocycles. The number of alkyl halides is 1. The zero-order valence-corrected chi connectivity index (χ0v) is 10.6. The lowest BCUT2D eigenvalue weighted by molar-refractivity contribution is 0.471. The van der Waals surface area contributed by atoms with E-state index in [1.54, 1.807) is 0 Å². The van der Waals surface area contributed by atoms with E-state index in [0.717, 1.165) is 22.9 Å². The van der Waals surface area contributed by atoms with Gasteiger partial charge in [0, 0.05) is 0 Å². The second kappa shape index (κ2) is 3.64. The first-order chi connectivity index (χ1) is 8.70. The molecule has 0 aliphatic heterocycles. The number of oxazole rings is 1. The van der Waals surface area contributed by atoms with Gasteiger partial charge in [-0.15, -0.1) is 11.6 Å². The van der Waals surface area contributed by atoms with Crippen LogP contribution in [0, 0.1) is 17.8 Å². The van der Waals surface area contributed by atoms with Gasteiger partial charge >= 0.3 is 5.76 Å². The van der Waals surface area contributed by atoms with Gasteiger partial charge in [-0.05, 0) is 54.7 Å². The van der Waals surface area contributed by atoms with Crippen molar-refractivity contribution in [1.29, 1.82) is 0 Å². The Morgan fingerprint density at radius 2 is 2.06 bits per heavy atom. The second-order valence-corrected chi connectivity index (χ2v) is 6.13. The lowest BCUT2D eigenvalue weighted by Crippen LogP contribution is -2.05. The van der Waals surface area contributed by atoms with Gasteiger partial charge in [0.2, 0.25) is 0 Å². The summed E-state index contributed by atoms with van der Waals surface area (Å²) in [6, 6.07) is 5.77. The molecule has 0 spiro atoms. The monoisotopic (exact) mass is 263 g/mol. The van der Waals surface area contributed by atoms with Crippen LogP contribution >= 0.6 is 11.6 Å². The highest BCUT2D eigenvalue weighted by Crippen LogP contribution is 2.58. The third-order valence-electron chi connectivity index (χ3n) is 4.46. The van der Waals surface area contributed by atoms with Crippen molar-refractivity contribution in [3.05, 3.63) is 34.3 Å². The van der Waals surface area contributed by atoms with Crippen molar-refractivity contribution in [2.75, 3.05) is 0 Å². The number of rotatable bonds is 2. The zero-order chi connectivity index (χ0) is 12.3. The minimum Gasteiger partial charge on any atom is -0.408 e. The third kappa shape index (κ3) is 1.61. The Hall–Kier alpha value is -1.22. The largest absolute Gasteiger partial charge is 0.417 e. The van der Waals surface area contributed by atoms with Gasteiger partial charge < -0.3 is 4.42 Å². The van der Waals surface area contributed by atoms with Crippen molar-refractivity contribution in [3.8, 4) is 0 Å². The van der Waals surface area contributed by atoms with E-state index >= 15 is 0 Å². The number of hydrogen-bond donors (Lipinski definition) is 1. The fourth-order valence-corrected chi connectivity index (χ4v) is 3.75. The minimum atomic E-state index is -0.407. The summed E-state index contributed by atoms with van der Waals surface area (Å²) >= 11 is 6.58. The smallest absolute Gasteiger partial charge is 0.408 e. The number of halogens is 1. The van der Waals surface area contributed by atoms with Crippen LogP contribution in [-0.2, 0) is 0 Å². The molecule has 0 saturated heterocycles. The van der Waals surface area contributed by atoms with Crippen LogP contribution in [0.15, 0.2) is 27.4 Å². The van der Waals surface area contributed by atoms with E-state index in [1.165, 1.54) is 19.3 Å². The van der Waals surface area contributed by atoms with Gasteiger partial charge in [0.05, 0.1) is 10.9 Å². The predicted molar refractivity (Wildman–Crippen MR) is 69.7 cm³/mol. The molecule has 1 N–H and O–H groups in total. The molecular weight excluding hydrogens is 250 g/mol. The third-order valence-corrected chi connectivity index (χ3v) is 5.07. The SMILES string of the molecule is O=c1[nH]c2ccc(C(Cl)C3CC4CC4C3)cc2o1. The van der Waals surface area contributed by atoms with Gasteiger partial charge in [-0.25, -0.2) is 4.79 Å². The van der Waals surface area contributed by atoms with E-state index in [4.69, 9.17) is 16.0 Å². The van der Waals surface area contributed by atoms with Crippen molar-refractivity contribution in [3.63, 3.8) is 0 Å². The molecule has 0 bridgehead atoms. The van der Waals surface area contributed by atoms with Crippen LogP contribution in [0.1, 0.15) is 30.2 Å². The van der Waals surface area contributed by atoms with Crippen LogP contribution in [-0.4, -0.2) is 4.98 Å². The molecule has 0 amide bonds. The Bertz CT molecular complexity index is 649. The highest BCUT2D eigenvalue weighted by atomic mass is 35.5. The number of aromatic nitrogens is 1. The summed E-state index contributed by atoms with van der Waals surface area (Å²) in [5.41, 5.74) is 2.41. The lowest BCUT2D eigenvalue weighted by atomic mass is 9.94. The van der Waals surface area contributed by atoms with Gasteiger partial charge in [-0.2, -0.15) is 0 Å². The molecule has 4 rings (SSSR count). The molecule has 0 radical (unpaired) electrons. The number of benzene rings is 1. The molecule has 1 aromatic heterocycles. The number of H-pyrrole nitrogens is 1. The van der Waals surface area contributed by atoms with E-state index in [2.05, 4.69) is 4.98 Å². The van der Waals surface area contributed by atoms with Crippen LogP contribution in [0.4, 0.5) is 0 Å². The van der Waals surface area contributed by atoms with Crippen LogP contribution in [0.2, 0.25) is 0 Å². The Morgan fingerprint density at radius 1 is 1.28 bits per heavy atom. The van der Waals surface area contributed by atoms with Crippen molar-refractivity contribution in [2.45, 2.75) is 24.6 Å². The van der Waals surface area contributed by atoms with E-state index in [9.17, 15) is 4.79 Å². The van der Waals surface area contributed by atoms with Crippen molar-refractivity contribution in [1.82, 2.24) is 4.98 Å². The fourth-order valence-electron chi connectivity index (χ4n) is 3.41. The van der Waals surface area contributed by atoms with Crippen molar-refractivity contribution < 1.29 is 4.42 Å². The number of nitrogens with one attached hydrogen (secondary N) is 1. The zero-order valence-electron chi connectivity index (χ0n) is 9.86. The van der Waals surface area contributed by atoms with Gasteiger partial charge in [0.25, 0.3) is 0 Å². The lowest BCUT2D eigenvalue weighted by Gasteiger charge is -2.18. The maximum Gasteiger partial charge on any atom is 0.417 e. The molecule has 4 heteroatoms. The van der Waals surface area contributed by atoms with Gasteiger partial charge in [-0.1, -0.05) is 6.07 Å². The van der Waals surface area contributed by atoms with Gasteiger partial charge in [0.15, 0.2) is 5.58 Å². The molecule has 2 aromatic rings. The summed E-state index contributed by atoms with van der Waals surface area (Å²) in [6.07, 6.45) is 3.92. The minimum absolute atomic E-state index is 0.0439. The van der Waals surface area contributed by atoms with Crippen LogP contribution in [0.5, 0.6) is 0 Å². The van der Waals surface area contributed by atoms with Crippen molar-refractivity contribution >= 4 is 22.7 Å². The van der Waals surface area contributed by atoms with Gasteiger partial charge in [0.1, 0.15) is 0 Å². The van der Waals surface area contributed by atoms with Crippen molar-refractivity contribution in [2.24, 2.45) is 17.8 Å². The number of fused-ring (bicyclic) bond motifs is 2. The summed E-state index contributed by atoms with van der Waals surface area (Å²) in [5, 5.41) is 0.0439. The van der Waals surface area contributed by atoms with Crippen LogP contribution < -0.4 is 5.76 Å². The summed E-state index contributed by atoms with van der Waals surface area (Å²) in [7, 11) is 0. The Balaban J connectivity index is 1.66. The topological polar surface area (TPSA) is 46.0 Å². The number of hydrogen-bond acceptors (Lipinski definition) is 2. The summed E-state index contributed by atoms with van der Waals surface area (Å²) in [5.74, 6) is 2.05. The molecule has 3 nitrogen and oxygen atoms in total. The first-order valence-corrected chi connectivity index (χ1v) is 6.91. The highest BCUT2D eigenvalue weighted by Gasteiger charge is 2.47. The summed E-state index contributed by atoms with van der Waals surface area (Å²) in [4.78, 5) is 13.8. The Labute approximate surface area is 109 Å². The standard InChI is InChI=1S/C14H14ClNO2/c15-13(10-4-8-3-9(8)5-10)7-1-2-11-12(6-7)18-14(17)16-11/h1-2,6,8-10,13H,3-5H2,(H,16,17). The summed E-state index contributed by atoms with van der Waals surface area (Å²) < 4.78 is 5.08. The highest BCUT2D eigenvalue weighted by molar-refractivity contribution is 6.21. The van der Waals surface area contributed by atoms with Crippen LogP contribution in [0.25, 0.3) is 11.1 Å². The molecule has 94 valence electrons. The van der Waals surface area contributed by atoms with Gasteiger partial charge in [-0.3, -0.25) is 4.98 Å². The fraction of sp³-hybridized carbons (Fsp3) is 0.500. The normalized spacial score (nSPS) is 31.5. The molecule has 1 heterocycles. The first kappa shape index (κ1) is 10.7. The molecule has 3 unspecified atom stereocenters. The maximum atomic E-state index is 11.1. The Kier molecular flexibility index (Phi) is 2.16. The Morgan fingerprint density at radius 3 is 2.83 bits per heavy atom. The quantitative estimate of drug-likeness (QED) is 0.844. The average molecular weight is 264 g/mol. The van der Waals surface area contributed by atoms with E-state index in [0.29, 0.717) is 11.5 Å². The van der Waals surface area contributed by atoms with E-state index in [-0.39, 0.29) is 5.38 Å². The first-order valence-electron chi connectivity index (χ1n) is 6.47. The average Bonchev–Trinajstić information content (AvgIpc) is 2.82. The van der Waals surface area contributed by atoms with E-state index in [1.807, 2.05) is 18.2 Å². The maximum absolute atomic E-state index is 11.1. The molecule has 1 aromatic carbocycles. The molecule has 2 fully saturated rings. The molecular formula is C14H14ClNO2. The molecule has 2 saturated carbocycles. The molecule has 18 heavy (non-hydrogen) atoms. The number of aromatic amines is 1. The van der Waals surface area contributed by atoms with Crippen LogP contribution in [0.3, 0.4) is 0 Å². The molecule has 2 aliphatic rings. The molecule has 3 atom stereocenters. The summed E-state index contributed by atoms with van der Waals surface area (Å²) in [6.45, 7) is 0.